The zero-order valence-corrected chi connectivity index (χ0v) is 17.6. The molecule has 2 unspecified atom stereocenters. The summed E-state index contributed by atoms with van der Waals surface area (Å²) >= 11 is 0. The van der Waals surface area contributed by atoms with E-state index in [2.05, 4.69) is 5.16 Å². The molecule has 2 fully saturated rings. The molecule has 0 spiro atoms. The normalized spacial score (nSPS) is 21.7. The van der Waals surface area contributed by atoms with E-state index in [1.54, 1.807) is 28.9 Å². The highest BCUT2D eigenvalue weighted by molar-refractivity contribution is 5.97. The molecular formula is C22H27N3O6. The predicted molar refractivity (Wildman–Crippen MR) is 109 cm³/mol. The summed E-state index contributed by atoms with van der Waals surface area (Å²) in [5, 5.41) is 3.90. The van der Waals surface area contributed by atoms with E-state index in [4.69, 9.17) is 13.7 Å². The number of hydrogen-bond donors (Lipinski definition) is 0. The maximum atomic E-state index is 13.3. The average molecular weight is 429 g/mol. The van der Waals surface area contributed by atoms with E-state index in [0.29, 0.717) is 50.6 Å². The second kappa shape index (κ2) is 9.36. The Kier molecular flexibility index (Phi) is 6.39. The third-order valence-electron chi connectivity index (χ3n) is 5.90. The lowest BCUT2D eigenvalue weighted by atomic mass is 9.95. The molecule has 2 aliphatic rings. The van der Waals surface area contributed by atoms with Gasteiger partial charge in [-0.25, -0.2) is 0 Å². The molecular weight excluding hydrogens is 402 g/mol. The van der Waals surface area contributed by atoms with Crippen LogP contribution in [0, 0.1) is 5.92 Å². The minimum absolute atomic E-state index is 0.114. The zero-order chi connectivity index (χ0) is 21.8. The van der Waals surface area contributed by atoms with Crippen LogP contribution in [0.4, 0.5) is 0 Å². The van der Waals surface area contributed by atoms with Gasteiger partial charge in [-0.3, -0.25) is 14.4 Å². The van der Waals surface area contributed by atoms with Crippen LogP contribution in [-0.4, -0.2) is 65.0 Å². The van der Waals surface area contributed by atoms with E-state index in [-0.39, 0.29) is 29.4 Å². The zero-order valence-electron chi connectivity index (χ0n) is 17.6. The molecule has 166 valence electrons. The number of hydrogen-bond acceptors (Lipinski definition) is 7. The quantitative estimate of drug-likeness (QED) is 0.673. The Bertz CT molecular complexity index is 922. The Hall–Kier alpha value is -3.10. The van der Waals surface area contributed by atoms with Gasteiger partial charge < -0.3 is 23.5 Å². The van der Waals surface area contributed by atoms with Crippen LogP contribution in [0.2, 0.25) is 0 Å². The smallest absolute Gasteiger partial charge is 0.310 e. The Morgan fingerprint density at radius 3 is 2.81 bits per heavy atom. The van der Waals surface area contributed by atoms with Crippen molar-refractivity contribution in [3.8, 4) is 11.5 Å². The third kappa shape index (κ3) is 4.50. The predicted octanol–water partition coefficient (Wildman–Crippen LogP) is 2.73. The first-order valence-electron chi connectivity index (χ1n) is 10.9. The average Bonchev–Trinajstić information content (AvgIpc) is 3.50. The van der Waals surface area contributed by atoms with Crippen molar-refractivity contribution >= 4 is 17.8 Å². The molecule has 0 radical (unpaired) electrons. The molecule has 0 bridgehead atoms. The molecule has 0 aromatic carbocycles. The van der Waals surface area contributed by atoms with E-state index in [0.717, 1.165) is 19.3 Å². The van der Waals surface area contributed by atoms with Crippen molar-refractivity contribution in [2.24, 2.45) is 5.92 Å². The number of esters is 1. The highest BCUT2D eigenvalue weighted by Gasteiger charge is 2.38. The molecule has 9 nitrogen and oxygen atoms in total. The van der Waals surface area contributed by atoms with E-state index < -0.39 is 6.04 Å². The molecule has 2 aromatic heterocycles. The summed E-state index contributed by atoms with van der Waals surface area (Å²) in [4.78, 5) is 41.9. The van der Waals surface area contributed by atoms with Gasteiger partial charge in [0.25, 0.3) is 5.91 Å². The van der Waals surface area contributed by atoms with Crippen molar-refractivity contribution in [2.75, 3.05) is 26.2 Å². The highest BCUT2D eigenvalue weighted by atomic mass is 16.5. The molecule has 4 rings (SSSR count). The number of amides is 2. The maximum absolute atomic E-state index is 13.3. The number of carbonyl (C=O) groups excluding carboxylic acids is 3. The van der Waals surface area contributed by atoms with Crippen LogP contribution in [-0.2, 0) is 14.3 Å². The van der Waals surface area contributed by atoms with Gasteiger partial charge in [-0.2, -0.15) is 0 Å². The van der Waals surface area contributed by atoms with Crippen LogP contribution in [0.5, 0.6) is 0 Å². The summed E-state index contributed by atoms with van der Waals surface area (Å²) in [7, 11) is 0. The Labute approximate surface area is 180 Å². The van der Waals surface area contributed by atoms with Crippen LogP contribution in [0.1, 0.15) is 49.5 Å². The van der Waals surface area contributed by atoms with E-state index in [1.165, 1.54) is 12.3 Å². The van der Waals surface area contributed by atoms with E-state index >= 15 is 0 Å². The number of carbonyl (C=O) groups is 3. The summed E-state index contributed by atoms with van der Waals surface area (Å²) in [6, 6.07) is 4.42. The van der Waals surface area contributed by atoms with Gasteiger partial charge in [-0.15, -0.1) is 0 Å². The molecule has 31 heavy (non-hydrogen) atoms. The van der Waals surface area contributed by atoms with Gasteiger partial charge >= 0.3 is 5.97 Å². The first-order chi connectivity index (χ1) is 15.1. The van der Waals surface area contributed by atoms with Gasteiger partial charge in [-0.05, 0) is 51.2 Å². The summed E-state index contributed by atoms with van der Waals surface area (Å²) in [5.41, 5.74) is 0.147. The monoisotopic (exact) mass is 429 g/mol. The highest BCUT2D eigenvalue weighted by Crippen LogP contribution is 2.26. The molecule has 0 saturated carbocycles. The molecule has 9 heteroatoms. The summed E-state index contributed by atoms with van der Waals surface area (Å²) in [5.74, 6) is -0.172. The van der Waals surface area contributed by atoms with Crippen LogP contribution < -0.4 is 0 Å². The van der Waals surface area contributed by atoms with Crippen LogP contribution in [0.15, 0.2) is 33.4 Å². The van der Waals surface area contributed by atoms with Crippen molar-refractivity contribution in [3.63, 3.8) is 0 Å². The lowest BCUT2D eigenvalue weighted by Gasteiger charge is -2.39. The molecule has 4 heterocycles. The third-order valence-corrected chi connectivity index (χ3v) is 5.90. The Morgan fingerprint density at radius 1 is 1.16 bits per heavy atom. The van der Waals surface area contributed by atoms with Crippen LogP contribution >= 0.6 is 0 Å². The number of furan rings is 1. The summed E-state index contributed by atoms with van der Waals surface area (Å²) < 4.78 is 15.7. The number of piperidine rings is 2. The van der Waals surface area contributed by atoms with Crippen LogP contribution in [0.25, 0.3) is 11.5 Å². The second-order valence-corrected chi connectivity index (χ2v) is 7.94. The fourth-order valence-electron chi connectivity index (χ4n) is 4.33. The van der Waals surface area contributed by atoms with E-state index in [9.17, 15) is 14.4 Å². The topological polar surface area (TPSA) is 106 Å². The van der Waals surface area contributed by atoms with Gasteiger partial charge in [0, 0.05) is 25.7 Å². The lowest BCUT2D eigenvalue weighted by Crippen LogP contribution is -2.55. The van der Waals surface area contributed by atoms with Crippen LogP contribution in [0.3, 0.4) is 0 Å². The molecule has 2 amide bonds. The maximum Gasteiger partial charge on any atom is 0.310 e. The standard InChI is InChI=1S/C22H27N3O6/c1-2-29-22(28)15-7-5-10-24(14-15)21(27)17-8-3-4-11-25(17)20(26)16-13-19(31-23-16)18-9-6-12-30-18/h6,9,12-13,15,17H,2-5,7-8,10-11,14H2,1H3. The molecule has 0 N–H and O–H groups in total. The summed E-state index contributed by atoms with van der Waals surface area (Å²) in [6.07, 6.45) is 5.25. The number of nitrogens with zero attached hydrogens (tertiary/aromatic N) is 3. The first kappa shape index (κ1) is 21.1. The largest absolute Gasteiger partial charge is 0.466 e. The van der Waals surface area contributed by atoms with Crippen molar-refractivity contribution in [1.82, 2.24) is 15.0 Å². The van der Waals surface area contributed by atoms with Gasteiger partial charge in [0.15, 0.2) is 11.5 Å². The molecule has 2 aliphatic heterocycles. The minimum atomic E-state index is -0.564. The van der Waals surface area contributed by atoms with Gasteiger partial charge in [-0.1, -0.05) is 5.16 Å². The molecule has 0 aliphatic carbocycles. The van der Waals surface area contributed by atoms with Crippen molar-refractivity contribution < 1.29 is 28.1 Å². The van der Waals surface area contributed by atoms with Crippen molar-refractivity contribution in [3.05, 3.63) is 30.2 Å². The number of aromatic nitrogens is 1. The van der Waals surface area contributed by atoms with Gasteiger partial charge in [0.1, 0.15) is 6.04 Å². The van der Waals surface area contributed by atoms with Crippen molar-refractivity contribution in [1.29, 1.82) is 0 Å². The number of ether oxygens (including phenoxy) is 1. The molecule has 2 saturated heterocycles. The fraction of sp³-hybridized carbons (Fsp3) is 0.545. The molecule has 2 aromatic rings. The minimum Gasteiger partial charge on any atom is -0.466 e. The summed E-state index contributed by atoms with van der Waals surface area (Å²) in [6.45, 7) is 3.50. The number of rotatable bonds is 5. The van der Waals surface area contributed by atoms with Gasteiger partial charge in [0.2, 0.25) is 11.7 Å². The van der Waals surface area contributed by atoms with Crippen molar-refractivity contribution in [2.45, 2.75) is 45.1 Å². The second-order valence-electron chi connectivity index (χ2n) is 7.94. The Morgan fingerprint density at radius 2 is 2.03 bits per heavy atom. The molecule has 2 atom stereocenters. The fourth-order valence-corrected chi connectivity index (χ4v) is 4.33. The lowest BCUT2D eigenvalue weighted by molar-refractivity contribution is -0.152. The number of likely N-dealkylation sites (tertiary alicyclic amines) is 2. The SMILES string of the molecule is CCOC(=O)C1CCCN(C(=O)C2CCCCN2C(=O)c2cc(-c3ccco3)on2)C1. The Balaban J connectivity index is 1.47. The first-order valence-corrected chi connectivity index (χ1v) is 10.9. The van der Waals surface area contributed by atoms with Gasteiger partial charge in [0.05, 0.1) is 18.8 Å². The van der Waals surface area contributed by atoms with E-state index in [1.807, 2.05) is 0 Å².